The van der Waals surface area contributed by atoms with Crippen LogP contribution >= 0.6 is 0 Å². The number of fused-ring (bicyclic) bond motifs is 1. The molecule has 3 N–H and O–H groups in total. The van der Waals surface area contributed by atoms with Crippen LogP contribution in [-0.2, 0) is 12.8 Å². The van der Waals surface area contributed by atoms with Gasteiger partial charge in [-0.1, -0.05) is 29.4 Å². The van der Waals surface area contributed by atoms with Gasteiger partial charge >= 0.3 is 0 Å². The molecular formula is C20H18N6O. The smallest absolute Gasteiger partial charge is 0.258 e. The summed E-state index contributed by atoms with van der Waals surface area (Å²) in [5.74, 6) is 2.46. The molecule has 1 aliphatic carbocycles. The number of H-pyrrole nitrogens is 1. The number of nitrogens with zero attached hydrogens (tertiary/aromatic N) is 4. The molecule has 0 amide bonds. The van der Waals surface area contributed by atoms with Crippen molar-refractivity contribution in [3.8, 4) is 34.2 Å². The molecule has 2 heterocycles. The SMILES string of the molecule is Cc1nc(-c2cccc(-c3noc(-c4ccc5c(c4)CC(N)C5)n3)c2)n[nH]1. The predicted molar refractivity (Wildman–Crippen MR) is 101 cm³/mol. The van der Waals surface area contributed by atoms with Crippen LogP contribution in [0.2, 0.25) is 0 Å². The van der Waals surface area contributed by atoms with Gasteiger partial charge in [0.05, 0.1) is 0 Å². The van der Waals surface area contributed by atoms with Crippen LogP contribution in [0, 0.1) is 6.92 Å². The highest BCUT2D eigenvalue weighted by atomic mass is 16.5. The maximum atomic E-state index is 6.05. The van der Waals surface area contributed by atoms with Gasteiger partial charge in [0.15, 0.2) is 5.82 Å². The van der Waals surface area contributed by atoms with Crippen molar-refractivity contribution in [3.05, 3.63) is 59.4 Å². The average molecular weight is 358 g/mol. The van der Waals surface area contributed by atoms with Crippen molar-refractivity contribution in [1.82, 2.24) is 25.3 Å². The maximum absolute atomic E-state index is 6.05. The fourth-order valence-corrected chi connectivity index (χ4v) is 3.51. The number of benzene rings is 2. The van der Waals surface area contributed by atoms with Gasteiger partial charge in [-0.3, -0.25) is 5.10 Å². The van der Waals surface area contributed by atoms with Crippen molar-refractivity contribution in [2.75, 3.05) is 0 Å². The van der Waals surface area contributed by atoms with Crippen LogP contribution in [0.1, 0.15) is 17.0 Å². The van der Waals surface area contributed by atoms with Crippen LogP contribution in [0.4, 0.5) is 0 Å². The quantitative estimate of drug-likeness (QED) is 0.583. The minimum Gasteiger partial charge on any atom is -0.334 e. The lowest BCUT2D eigenvalue weighted by Gasteiger charge is -2.00. The molecule has 0 spiro atoms. The molecule has 1 unspecified atom stereocenters. The second-order valence-corrected chi connectivity index (χ2v) is 6.90. The Morgan fingerprint density at radius 2 is 1.78 bits per heavy atom. The number of hydrogen-bond donors (Lipinski definition) is 2. The Balaban J connectivity index is 1.47. The van der Waals surface area contributed by atoms with Crippen molar-refractivity contribution >= 4 is 0 Å². The first-order valence-corrected chi connectivity index (χ1v) is 8.87. The number of aryl methyl sites for hydroxylation is 1. The van der Waals surface area contributed by atoms with E-state index >= 15 is 0 Å². The summed E-state index contributed by atoms with van der Waals surface area (Å²) >= 11 is 0. The van der Waals surface area contributed by atoms with Crippen molar-refractivity contribution in [2.24, 2.45) is 5.73 Å². The fraction of sp³-hybridized carbons (Fsp3) is 0.200. The molecule has 2 aromatic carbocycles. The third-order valence-corrected chi connectivity index (χ3v) is 4.82. The summed E-state index contributed by atoms with van der Waals surface area (Å²) in [7, 11) is 0. The van der Waals surface area contributed by atoms with Crippen LogP contribution < -0.4 is 5.73 Å². The van der Waals surface area contributed by atoms with Crippen LogP contribution in [0.15, 0.2) is 47.0 Å². The van der Waals surface area contributed by atoms with Crippen molar-refractivity contribution in [2.45, 2.75) is 25.8 Å². The number of aromatic nitrogens is 5. The molecule has 2 aromatic heterocycles. The Labute approximate surface area is 155 Å². The van der Waals surface area contributed by atoms with E-state index in [1.54, 1.807) is 0 Å². The van der Waals surface area contributed by atoms with E-state index in [-0.39, 0.29) is 6.04 Å². The Morgan fingerprint density at radius 3 is 2.59 bits per heavy atom. The van der Waals surface area contributed by atoms with Gasteiger partial charge < -0.3 is 10.3 Å². The maximum Gasteiger partial charge on any atom is 0.258 e. The predicted octanol–water partition coefficient (Wildman–Crippen LogP) is 2.92. The molecule has 0 saturated carbocycles. The lowest BCUT2D eigenvalue weighted by atomic mass is 10.1. The van der Waals surface area contributed by atoms with Gasteiger partial charge in [0.1, 0.15) is 5.82 Å². The lowest BCUT2D eigenvalue weighted by molar-refractivity contribution is 0.432. The zero-order chi connectivity index (χ0) is 18.4. The van der Waals surface area contributed by atoms with Gasteiger partial charge in [-0.2, -0.15) is 10.1 Å². The molecule has 27 heavy (non-hydrogen) atoms. The summed E-state index contributed by atoms with van der Waals surface area (Å²) in [5, 5.41) is 11.2. The molecular weight excluding hydrogens is 340 g/mol. The lowest BCUT2D eigenvalue weighted by Crippen LogP contribution is -2.18. The van der Waals surface area contributed by atoms with Gasteiger partial charge in [-0.15, -0.1) is 0 Å². The van der Waals surface area contributed by atoms with Crippen LogP contribution in [0.5, 0.6) is 0 Å². The second-order valence-electron chi connectivity index (χ2n) is 6.90. The van der Waals surface area contributed by atoms with Gasteiger partial charge in [-0.05, 0) is 49.1 Å². The zero-order valence-electron chi connectivity index (χ0n) is 14.8. The van der Waals surface area contributed by atoms with Gasteiger partial charge in [0.2, 0.25) is 5.82 Å². The molecule has 0 fully saturated rings. The molecule has 4 aromatic rings. The summed E-state index contributed by atoms with van der Waals surface area (Å²) < 4.78 is 5.51. The summed E-state index contributed by atoms with van der Waals surface area (Å²) in [6.07, 6.45) is 1.82. The minimum absolute atomic E-state index is 0.204. The Hall–Kier alpha value is -3.32. The Morgan fingerprint density at radius 1 is 0.963 bits per heavy atom. The van der Waals surface area contributed by atoms with E-state index in [1.807, 2.05) is 37.3 Å². The standard InChI is InChI=1S/C20H18N6O/c1-11-22-18(25-24-11)13-3-2-4-14(7-13)19-23-20(27-26-19)15-6-5-12-9-17(21)10-16(12)8-15/h2-8,17H,9-10,21H2,1H3,(H,22,24,25). The number of rotatable bonds is 3. The first-order valence-electron chi connectivity index (χ1n) is 8.87. The second kappa shape index (κ2) is 6.14. The third-order valence-electron chi connectivity index (χ3n) is 4.82. The highest BCUT2D eigenvalue weighted by Gasteiger charge is 2.20. The third kappa shape index (κ3) is 2.92. The zero-order valence-corrected chi connectivity index (χ0v) is 14.8. The number of aromatic amines is 1. The molecule has 0 radical (unpaired) electrons. The van der Waals surface area contributed by atoms with Crippen molar-refractivity contribution in [3.63, 3.8) is 0 Å². The van der Waals surface area contributed by atoms with E-state index in [9.17, 15) is 0 Å². The van der Waals surface area contributed by atoms with Crippen LogP contribution in [-0.4, -0.2) is 31.4 Å². The number of nitrogens with one attached hydrogen (secondary N) is 1. The summed E-state index contributed by atoms with van der Waals surface area (Å²) in [6.45, 7) is 1.87. The number of hydrogen-bond acceptors (Lipinski definition) is 6. The summed E-state index contributed by atoms with van der Waals surface area (Å²) in [5.41, 5.74) is 11.3. The number of nitrogens with two attached hydrogens (primary N) is 1. The Kier molecular flexibility index (Phi) is 3.61. The molecule has 5 rings (SSSR count). The molecule has 1 atom stereocenters. The van der Waals surface area contributed by atoms with Crippen molar-refractivity contribution in [1.29, 1.82) is 0 Å². The first-order chi connectivity index (χ1) is 13.2. The summed E-state index contributed by atoms with van der Waals surface area (Å²) in [4.78, 5) is 8.94. The molecule has 7 nitrogen and oxygen atoms in total. The van der Waals surface area contributed by atoms with E-state index in [0.717, 1.165) is 35.4 Å². The van der Waals surface area contributed by atoms with E-state index in [4.69, 9.17) is 10.3 Å². The normalized spacial score (nSPS) is 15.9. The first kappa shape index (κ1) is 15.9. The van der Waals surface area contributed by atoms with E-state index in [0.29, 0.717) is 17.5 Å². The van der Waals surface area contributed by atoms with E-state index in [1.165, 1.54) is 11.1 Å². The van der Waals surface area contributed by atoms with Crippen LogP contribution in [0.25, 0.3) is 34.2 Å². The van der Waals surface area contributed by atoms with Crippen LogP contribution in [0.3, 0.4) is 0 Å². The van der Waals surface area contributed by atoms with Gasteiger partial charge in [-0.25, -0.2) is 4.98 Å². The molecule has 7 heteroatoms. The minimum atomic E-state index is 0.204. The van der Waals surface area contributed by atoms with E-state index in [2.05, 4.69) is 37.5 Å². The fourth-order valence-electron chi connectivity index (χ4n) is 3.51. The Bertz CT molecular complexity index is 1130. The largest absolute Gasteiger partial charge is 0.334 e. The highest BCUT2D eigenvalue weighted by Crippen LogP contribution is 2.29. The van der Waals surface area contributed by atoms with Gasteiger partial charge in [0.25, 0.3) is 5.89 Å². The van der Waals surface area contributed by atoms with Crippen molar-refractivity contribution < 1.29 is 4.52 Å². The molecule has 1 aliphatic rings. The highest BCUT2D eigenvalue weighted by molar-refractivity contribution is 5.67. The average Bonchev–Trinajstić information content (AvgIpc) is 3.39. The van der Waals surface area contributed by atoms with E-state index < -0.39 is 0 Å². The molecule has 0 bridgehead atoms. The summed E-state index contributed by atoms with van der Waals surface area (Å²) in [6, 6.07) is 14.2. The molecule has 134 valence electrons. The topological polar surface area (TPSA) is 107 Å². The van der Waals surface area contributed by atoms with Gasteiger partial charge in [0, 0.05) is 22.7 Å². The monoisotopic (exact) mass is 358 g/mol. The molecule has 0 aliphatic heterocycles. The molecule has 0 saturated heterocycles.